The molecule has 6 nitrogen and oxygen atoms in total. The summed E-state index contributed by atoms with van der Waals surface area (Å²) in [6.07, 6.45) is 0.484. The molecule has 1 heterocycles. The molecule has 0 aromatic carbocycles. The van der Waals surface area contributed by atoms with E-state index in [2.05, 4.69) is 0 Å². The van der Waals surface area contributed by atoms with Crippen molar-refractivity contribution in [1.82, 2.24) is 13.5 Å². The third-order valence-corrected chi connectivity index (χ3v) is 4.58. The first kappa shape index (κ1) is 13.9. The maximum atomic E-state index is 11.8. The highest BCUT2D eigenvalue weighted by Gasteiger charge is 2.42. The van der Waals surface area contributed by atoms with Crippen LogP contribution in [-0.4, -0.2) is 80.5 Å². The molecule has 1 aliphatic heterocycles. The van der Waals surface area contributed by atoms with Gasteiger partial charge in [0.15, 0.2) is 0 Å². The summed E-state index contributed by atoms with van der Waals surface area (Å²) >= 11 is 0. The second-order valence-electron chi connectivity index (χ2n) is 4.84. The Kier molecular flexibility index (Phi) is 3.96. The summed E-state index contributed by atoms with van der Waals surface area (Å²) in [5.74, 6) is 0. The van der Waals surface area contributed by atoms with Gasteiger partial charge in [-0.2, -0.15) is 17.0 Å². The molecule has 0 bridgehead atoms. The van der Waals surface area contributed by atoms with Gasteiger partial charge < -0.3 is 10.0 Å². The molecule has 1 saturated heterocycles. The van der Waals surface area contributed by atoms with E-state index in [1.165, 1.54) is 22.7 Å². The van der Waals surface area contributed by atoms with E-state index < -0.39 is 15.8 Å². The van der Waals surface area contributed by atoms with Crippen molar-refractivity contribution < 1.29 is 13.5 Å². The number of β-amino-alcohol motifs (C(OH)–C–C–N with tert-alkyl or cyclic N) is 1. The predicted octanol–water partition coefficient (Wildman–Crippen LogP) is -1.21. The standard InChI is InChI=1S/C9H21N3O3S/c1-10(2)7-9(13)5-6-12(8-9)16(14,15)11(3)4/h13H,5-8H2,1-4H3/t9-/m1/s1. The summed E-state index contributed by atoms with van der Waals surface area (Å²) in [6, 6.07) is 0. The van der Waals surface area contributed by atoms with Gasteiger partial charge in [0.25, 0.3) is 10.2 Å². The van der Waals surface area contributed by atoms with Gasteiger partial charge in [0.05, 0.1) is 5.60 Å². The molecule has 0 aromatic rings. The van der Waals surface area contributed by atoms with Crippen LogP contribution in [0.3, 0.4) is 0 Å². The van der Waals surface area contributed by atoms with E-state index in [-0.39, 0.29) is 6.54 Å². The summed E-state index contributed by atoms with van der Waals surface area (Å²) in [5, 5.41) is 10.2. The van der Waals surface area contributed by atoms with Gasteiger partial charge in [0.1, 0.15) is 0 Å². The number of likely N-dealkylation sites (N-methyl/N-ethyl adjacent to an activating group) is 1. The third kappa shape index (κ3) is 2.92. The van der Waals surface area contributed by atoms with Crippen LogP contribution in [0.2, 0.25) is 0 Å². The fourth-order valence-electron chi connectivity index (χ4n) is 1.96. The second kappa shape index (κ2) is 4.58. The molecular weight excluding hydrogens is 230 g/mol. The van der Waals surface area contributed by atoms with Crippen LogP contribution < -0.4 is 0 Å². The Morgan fingerprint density at radius 3 is 2.31 bits per heavy atom. The number of hydrogen-bond acceptors (Lipinski definition) is 4. The molecule has 96 valence electrons. The Morgan fingerprint density at radius 2 is 1.88 bits per heavy atom. The van der Waals surface area contributed by atoms with Gasteiger partial charge in [-0.15, -0.1) is 0 Å². The zero-order valence-corrected chi connectivity index (χ0v) is 11.2. The van der Waals surface area contributed by atoms with Crippen molar-refractivity contribution in [2.45, 2.75) is 12.0 Å². The maximum absolute atomic E-state index is 11.8. The molecule has 0 aromatic heterocycles. The minimum atomic E-state index is -3.40. The average molecular weight is 251 g/mol. The van der Waals surface area contributed by atoms with Crippen molar-refractivity contribution >= 4 is 10.2 Å². The average Bonchev–Trinajstić information content (AvgIpc) is 2.46. The highest BCUT2D eigenvalue weighted by molar-refractivity contribution is 7.86. The topological polar surface area (TPSA) is 64.1 Å². The van der Waals surface area contributed by atoms with Gasteiger partial charge in [0.2, 0.25) is 0 Å². The molecule has 1 aliphatic rings. The van der Waals surface area contributed by atoms with Crippen LogP contribution in [-0.2, 0) is 10.2 Å². The maximum Gasteiger partial charge on any atom is 0.281 e. The van der Waals surface area contributed by atoms with E-state index in [1.54, 1.807) is 0 Å². The highest BCUT2D eigenvalue weighted by Crippen LogP contribution is 2.24. The van der Waals surface area contributed by atoms with Crippen molar-refractivity contribution in [2.75, 3.05) is 47.8 Å². The first-order valence-corrected chi connectivity index (χ1v) is 6.62. The summed E-state index contributed by atoms with van der Waals surface area (Å²) in [7, 11) is 3.33. The summed E-state index contributed by atoms with van der Waals surface area (Å²) in [6.45, 7) is 1.03. The van der Waals surface area contributed by atoms with Gasteiger partial charge in [-0.25, -0.2) is 0 Å². The van der Waals surface area contributed by atoms with Crippen LogP contribution in [0.1, 0.15) is 6.42 Å². The molecule has 1 N–H and O–H groups in total. The fraction of sp³-hybridized carbons (Fsp3) is 1.00. The fourth-order valence-corrected chi connectivity index (χ4v) is 3.15. The molecule has 1 fully saturated rings. The van der Waals surface area contributed by atoms with Gasteiger partial charge >= 0.3 is 0 Å². The van der Waals surface area contributed by atoms with E-state index in [4.69, 9.17) is 0 Å². The molecule has 1 atom stereocenters. The van der Waals surface area contributed by atoms with Crippen LogP contribution in [0.4, 0.5) is 0 Å². The lowest BCUT2D eigenvalue weighted by molar-refractivity contribution is 0.0300. The van der Waals surface area contributed by atoms with Crippen molar-refractivity contribution in [3.05, 3.63) is 0 Å². The molecule has 0 unspecified atom stereocenters. The Bertz CT molecular complexity index is 342. The minimum absolute atomic E-state index is 0.172. The van der Waals surface area contributed by atoms with Crippen LogP contribution in [0, 0.1) is 0 Å². The summed E-state index contributed by atoms with van der Waals surface area (Å²) in [4.78, 5) is 1.87. The van der Waals surface area contributed by atoms with Gasteiger partial charge in [-0.1, -0.05) is 0 Å². The van der Waals surface area contributed by atoms with Crippen molar-refractivity contribution in [3.8, 4) is 0 Å². The Balaban J connectivity index is 2.73. The smallest absolute Gasteiger partial charge is 0.281 e. The zero-order chi connectivity index (χ0) is 12.6. The van der Waals surface area contributed by atoms with E-state index in [0.717, 1.165) is 0 Å². The molecule has 0 amide bonds. The highest BCUT2D eigenvalue weighted by atomic mass is 32.2. The lowest BCUT2D eigenvalue weighted by atomic mass is 10.0. The van der Waals surface area contributed by atoms with Gasteiger partial charge in [-0.05, 0) is 20.5 Å². The van der Waals surface area contributed by atoms with Crippen LogP contribution in [0.15, 0.2) is 0 Å². The van der Waals surface area contributed by atoms with Gasteiger partial charge in [0, 0.05) is 33.7 Å². The third-order valence-electron chi connectivity index (χ3n) is 2.70. The van der Waals surface area contributed by atoms with Crippen LogP contribution in [0.25, 0.3) is 0 Å². The lowest BCUT2D eigenvalue weighted by Gasteiger charge is -2.27. The monoisotopic (exact) mass is 251 g/mol. The lowest BCUT2D eigenvalue weighted by Crippen LogP contribution is -2.45. The van der Waals surface area contributed by atoms with Crippen molar-refractivity contribution in [3.63, 3.8) is 0 Å². The predicted molar refractivity (Wildman–Crippen MR) is 62.3 cm³/mol. The molecule has 0 aliphatic carbocycles. The van der Waals surface area contributed by atoms with Crippen LogP contribution >= 0.6 is 0 Å². The van der Waals surface area contributed by atoms with Crippen LogP contribution in [0.5, 0.6) is 0 Å². The number of hydrogen-bond donors (Lipinski definition) is 1. The SMILES string of the molecule is CN(C)C[C@]1(O)CCN(S(=O)(=O)N(C)C)C1. The normalized spacial score (nSPS) is 28.2. The number of nitrogens with zero attached hydrogens (tertiary/aromatic N) is 3. The van der Waals surface area contributed by atoms with Crippen molar-refractivity contribution in [1.29, 1.82) is 0 Å². The summed E-state index contributed by atoms with van der Waals surface area (Å²) in [5.41, 5.74) is -0.924. The molecular formula is C9H21N3O3S. The van der Waals surface area contributed by atoms with Gasteiger partial charge in [-0.3, -0.25) is 0 Å². The Morgan fingerprint density at radius 1 is 1.31 bits per heavy atom. The minimum Gasteiger partial charge on any atom is -0.387 e. The van der Waals surface area contributed by atoms with E-state index >= 15 is 0 Å². The van der Waals surface area contributed by atoms with E-state index in [0.29, 0.717) is 19.5 Å². The molecule has 0 saturated carbocycles. The summed E-state index contributed by atoms with van der Waals surface area (Å²) < 4.78 is 26.2. The van der Waals surface area contributed by atoms with E-state index in [9.17, 15) is 13.5 Å². The Hall–Kier alpha value is -0.210. The number of rotatable bonds is 4. The molecule has 1 rings (SSSR count). The van der Waals surface area contributed by atoms with E-state index in [1.807, 2.05) is 19.0 Å². The Labute approximate surface area is 97.6 Å². The first-order chi connectivity index (χ1) is 7.17. The molecule has 16 heavy (non-hydrogen) atoms. The quantitative estimate of drug-likeness (QED) is 0.681. The first-order valence-electron chi connectivity index (χ1n) is 5.22. The number of aliphatic hydroxyl groups is 1. The molecule has 7 heteroatoms. The zero-order valence-electron chi connectivity index (χ0n) is 10.3. The second-order valence-corrected chi connectivity index (χ2v) is 6.98. The molecule has 0 radical (unpaired) electrons. The van der Waals surface area contributed by atoms with Crippen molar-refractivity contribution in [2.24, 2.45) is 0 Å². The molecule has 0 spiro atoms. The largest absolute Gasteiger partial charge is 0.387 e.